The van der Waals surface area contributed by atoms with Gasteiger partial charge >= 0.3 is 0 Å². The Balaban J connectivity index is 2.49. The lowest BCUT2D eigenvalue weighted by molar-refractivity contribution is 1.73. The van der Waals surface area contributed by atoms with Gasteiger partial charge in [0.15, 0.2) is 0 Å². The molecular weight excluding hydrogens is 319 g/mol. The Kier molecular flexibility index (Phi) is 5.04. The van der Waals surface area contributed by atoms with E-state index < -0.39 is 6.89 Å². The molecule has 0 spiro atoms. The Bertz CT molecular complexity index is 783. The first-order chi connectivity index (χ1) is 11.4. The smallest absolute Gasteiger partial charge is 0.0546 e. The fourth-order valence-electron chi connectivity index (χ4n) is 2.72. The van der Waals surface area contributed by atoms with Gasteiger partial charge in [0.05, 0.1) is 5.54 Å². The van der Waals surface area contributed by atoms with Gasteiger partial charge in [-0.05, 0) is 15.9 Å². The van der Waals surface area contributed by atoms with Crippen molar-refractivity contribution in [1.82, 2.24) is 0 Å². The summed E-state index contributed by atoms with van der Waals surface area (Å²) in [5, 5.41) is 3.72. The number of hydrogen-bond acceptors (Lipinski definition) is 0. The fourth-order valence-corrected chi connectivity index (χ4v) is 6.25. The first-order valence-corrected chi connectivity index (χ1v) is 9.61. The topological polar surface area (TPSA) is 0 Å². The lowest BCUT2D eigenvalue weighted by atomic mass is 10.4. The van der Waals surface area contributed by atoms with Crippen LogP contribution in [0.3, 0.4) is 0 Å². The molecule has 3 rings (SSSR count). The summed E-state index contributed by atoms with van der Waals surface area (Å²) in [4.78, 5) is 0. The van der Waals surface area contributed by atoms with Gasteiger partial charge in [-0.1, -0.05) is 114 Å². The summed E-state index contributed by atoms with van der Waals surface area (Å²) in [5.74, 6) is 0. The highest BCUT2D eigenvalue weighted by Gasteiger charge is 2.24. The second kappa shape index (κ2) is 7.38. The zero-order valence-electron chi connectivity index (χ0n) is 12.6. The van der Waals surface area contributed by atoms with Crippen molar-refractivity contribution in [3.8, 4) is 0 Å². The summed E-state index contributed by atoms with van der Waals surface area (Å²) >= 11 is 5.79. The maximum atomic E-state index is 5.79. The lowest BCUT2D eigenvalue weighted by Gasteiger charge is -2.25. The van der Waals surface area contributed by atoms with Crippen molar-refractivity contribution < 1.29 is 0 Å². The highest BCUT2D eigenvalue weighted by atomic mass is 35.5. The molecule has 0 bridgehead atoms. The van der Waals surface area contributed by atoms with Gasteiger partial charge in [-0.25, -0.2) is 0 Å². The van der Waals surface area contributed by atoms with E-state index in [-0.39, 0.29) is 0 Å². The van der Waals surface area contributed by atoms with Crippen molar-refractivity contribution >= 4 is 39.9 Å². The standard InChI is InChI=1S/C21H16ClP/c22-17-10-18-23(19-11-4-1-5-12-19,20-13-6-2-7-14-20)21-15-8-3-9-16-21/h1-9,11-17H. The zero-order chi connectivity index (χ0) is 16.0. The fraction of sp³-hybridized carbons (Fsp3) is 0. The molecule has 0 unspecified atom stereocenters. The Morgan fingerprint density at radius 1 is 0.609 bits per heavy atom. The summed E-state index contributed by atoms with van der Waals surface area (Å²) in [6.07, 6.45) is 0. The molecule has 3 aromatic carbocycles. The van der Waals surface area contributed by atoms with E-state index in [9.17, 15) is 0 Å². The molecule has 0 radical (unpaired) electrons. The molecule has 0 fully saturated rings. The third kappa shape index (κ3) is 3.13. The average molecular weight is 335 g/mol. The molecule has 112 valence electrons. The molecular formula is C21H16ClP. The van der Waals surface area contributed by atoms with Crippen molar-refractivity contribution in [2.75, 3.05) is 0 Å². The van der Waals surface area contributed by atoms with Crippen LogP contribution in [0.15, 0.2) is 102 Å². The molecule has 0 saturated carbocycles. The maximum Gasteiger partial charge on any atom is 0.0546 e. The molecule has 3 aromatic rings. The summed E-state index contributed by atoms with van der Waals surface area (Å²) in [6, 6.07) is 31.5. The van der Waals surface area contributed by atoms with E-state index >= 15 is 0 Å². The third-order valence-corrected chi connectivity index (χ3v) is 7.51. The zero-order valence-corrected chi connectivity index (χ0v) is 14.2. The first kappa shape index (κ1) is 15.7. The molecule has 0 heterocycles. The molecule has 0 amide bonds. The van der Waals surface area contributed by atoms with Gasteiger partial charge < -0.3 is 0 Å². The van der Waals surface area contributed by atoms with Crippen LogP contribution in [0.4, 0.5) is 0 Å². The van der Waals surface area contributed by atoms with Gasteiger partial charge in [0.25, 0.3) is 0 Å². The monoisotopic (exact) mass is 334 g/mol. The van der Waals surface area contributed by atoms with E-state index in [1.54, 1.807) is 0 Å². The molecule has 0 N–H and O–H groups in total. The number of hydrogen-bond donors (Lipinski definition) is 0. The summed E-state index contributed by atoms with van der Waals surface area (Å²) < 4.78 is 0. The van der Waals surface area contributed by atoms with E-state index in [2.05, 4.69) is 84.0 Å². The molecule has 0 aliphatic rings. The molecule has 2 heteroatoms. The molecule has 23 heavy (non-hydrogen) atoms. The quantitative estimate of drug-likeness (QED) is 0.495. The van der Waals surface area contributed by atoms with Crippen molar-refractivity contribution in [1.29, 1.82) is 0 Å². The largest absolute Gasteiger partial charge is 0.0831 e. The van der Waals surface area contributed by atoms with Gasteiger partial charge in [-0.15, -0.1) is 0 Å². The minimum absolute atomic E-state index is 1.24. The molecule has 0 aromatic heterocycles. The van der Waals surface area contributed by atoms with Crippen molar-refractivity contribution in [2.24, 2.45) is 0 Å². The minimum Gasteiger partial charge on any atom is -0.0831 e. The molecule has 0 aliphatic carbocycles. The molecule has 0 atom stereocenters. The summed E-state index contributed by atoms with van der Waals surface area (Å²) in [7, 11) is 0. The molecule has 0 saturated heterocycles. The van der Waals surface area contributed by atoms with Crippen LogP contribution in [0, 0.1) is 0 Å². The van der Waals surface area contributed by atoms with Crippen LogP contribution < -0.4 is 15.9 Å². The van der Waals surface area contributed by atoms with Crippen LogP contribution in [0.5, 0.6) is 0 Å². The van der Waals surface area contributed by atoms with E-state index in [0.717, 1.165) is 0 Å². The number of halogens is 1. The average Bonchev–Trinajstić information content (AvgIpc) is 2.65. The lowest BCUT2D eigenvalue weighted by Crippen LogP contribution is -2.25. The van der Waals surface area contributed by atoms with Gasteiger partial charge in [0.2, 0.25) is 0 Å². The minimum atomic E-state index is -2.05. The van der Waals surface area contributed by atoms with Crippen LogP contribution in [0.1, 0.15) is 0 Å². The van der Waals surface area contributed by atoms with Crippen LogP contribution >= 0.6 is 18.5 Å². The van der Waals surface area contributed by atoms with E-state index in [1.165, 1.54) is 21.4 Å². The van der Waals surface area contributed by atoms with Gasteiger partial charge in [-0.2, -0.15) is 0 Å². The normalized spacial score (nSPS) is 10.5. The SMILES string of the molecule is ClC=C=C=P(c1ccccc1)(c1ccccc1)c1ccccc1. The maximum absolute atomic E-state index is 5.79. The third-order valence-electron chi connectivity index (χ3n) is 3.72. The predicted octanol–water partition coefficient (Wildman–Crippen LogP) is 4.29. The Morgan fingerprint density at radius 2 is 0.957 bits per heavy atom. The summed E-state index contributed by atoms with van der Waals surface area (Å²) in [5.41, 5.74) is 7.94. The predicted molar refractivity (Wildman–Crippen MR) is 104 cm³/mol. The highest BCUT2D eigenvalue weighted by molar-refractivity contribution is 7.94. The van der Waals surface area contributed by atoms with E-state index in [4.69, 9.17) is 11.6 Å². The first-order valence-electron chi connectivity index (χ1n) is 7.38. The summed E-state index contributed by atoms with van der Waals surface area (Å²) in [6.45, 7) is -2.05. The van der Waals surface area contributed by atoms with Crippen LogP contribution in [-0.2, 0) is 0 Å². The van der Waals surface area contributed by atoms with Gasteiger partial charge in [-0.3, -0.25) is 0 Å². The second-order valence-electron chi connectivity index (χ2n) is 5.04. The van der Waals surface area contributed by atoms with Crippen LogP contribution in [0.2, 0.25) is 0 Å². The van der Waals surface area contributed by atoms with Gasteiger partial charge in [0.1, 0.15) is 0 Å². The van der Waals surface area contributed by atoms with Crippen molar-refractivity contribution in [3.05, 3.63) is 102 Å². The van der Waals surface area contributed by atoms with Crippen molar-refractivity contribution in [3.63, 3.8) is 0 Å². The van der Waals surface area contributed by atoms with Crippen molar-refractivity contribution in [2.45, 2.75) is 0 Å². The van der Waals surface area contributed by atoms with E-state index in [0.29, 0.717) is 0 Å². The van der Waals surface area contributed by atoms with Crippen LogP contribution in [-0.4, -0.2) is 5.45 Å². The number of benzene rings is 3. The Morgan fingerprint density at radius 3 is 1.26 bits per heavy atom. The highest BCUT2D eigenvalue weighted by Crippen LogP contribution is 2.42. The number of rotatable bonds is 3. The van der Waals surface area contributed by atoms with E-state index in [1.807, 2.05) is 18.2 Å². The second-order valence-corrected chi connectivity index (χ2v) is 8.38. The Hall–Kier alpha value is -2.19. The van der Waals surface area contributed by atoms with Gasteiger partial charge in [0, 0.05) is 6.89 Å². The van der Waals surface area contributed by atoms with Crippen LogP contribution in [0.25, 0.3) is 0 Å². The molecule has 0 nitrogen and oxygen atoms in total. The Labute approximate surface area is 142 Å². The molecule has 0 aliphatic heterocycles.